The number of halogens is 1. The maximum atomic E-state index is 13.7. The molecule has 0 aliphatic carbocycles. The van der Waals surface area contributed by atoms with Crippen LogP contribution in [0.4, 0.5) is 4.39 Å². The fourth-order valence-electron chi connectivity index (χ4n) is 4.35. The second-order valence-electron chi connectivity index (χ2n) is 7.61. The second kappa shape index (κ2) is 7.57. The SMILES string of the molecule is CCn1cc(CN2CCC(O)(c3ccccc3OC)CC2)c2ccc(F)cc21. The van der Waals surface area contributed by atoms with E-state index in [1.807, 2.05) is 30.3 Å². The topological polar surface area (TPSA) is 37.6 Å². The lowest BCUT2D eigenvalue weighted by Crippen LogP contribution is -2.42. The number of benzene rings is 2. The molecule has 1 N–H and O–H groups in total. The summed E-state index contributed by atoms with van der Waals surface area (Å²) in [6.45, 7) is 5.29. The van der Waals surface area contributed by atoms with E-state index in [9.17, 15) is 9.50 Å². The van der Waals surface area contributed by atoms with E-state index in [-0.39, 0.29) is 5.82 Å². The number of ether oxygens (including phenoxy) is 1. The van der Waals surface area contributed by atoms with E-state index in [2.05, 4.69) is 22.6 Å². The van der Waals surface area contributed by atoms with Crippen molar-refractivity contribution in [2.75, 3.05) is 20.2 Å². The molecule has 1 aliphatic heterocycles. The first kappa shape index (κ1) is 19.0. The molecule has 2 aromatic carbocycles. The molecule has 28 heavy (non-hydrogen) atoms. The summed E-state index contributed by atoms with van der Waals surface area (Å²) in [6, 6.07) is 12.7. The lowest BCUT2D eigenvalue weighted by atomic mass is 9.84. The fourth-order valence-corrected chi connectivity index (χ4v) is 4.35. The number of rotatable bonds is 5. The van der Waals surface area contributed by atoms with E-state index in [4.69, 9.17) is 4.74 Å². The van der Waals surface area contributed by atoms with Gasteiger partial charge in [0.25, 0.3) is 0 Å². The molecule has 1 saturated heterocycles. The summed E-state index contributed by atoms with van der Waals surface area (Å²) in [5, 5.41) is 12.3. The molecular weight excluding hydrogens is 355 g/mol. The van der Waals surface area contributed by atoms with Gasteiger partial charge in [0, 0.05) is 43.3 Å². The first-order chi connectivity index (χ1) is 13.5. The Kier molecular flexibility index (Phi) is 5.13. The number of nitrogens with zero attached hydrogens (tertiary/aromatic N) is 2. The molecule has 0 atom stereocenters. The van der Waals surface area contributed by atoms with Gasteiger partial charge in [0.05, 0.1) is 18.2 Å². The maximum absolute atomic E-state index is 13.7. The van der Waals surface area contributed by atoms with Gasteiger partial charge in [0.1, 0.15) is 11.6 Å². The minimum absolute atomic E-state index is 0.202. The molecule has 0 radical (unpaired) electrons. The normalized spacial score (nSPS) is 17.1. The zero-order chi connectivity index (χ0) is 19.7. The average molecular weight is 382 g/mol. The number of piperidine rings is 1. The van der Waals surface area contributed by atoms with Crippen LogP contribution in [-0.2, 0) is 18.7 Å². The summed E-state index contributed by atoms with van der Waals surface area (Å²) in [5.74, 6) is 0.540. The van der Waals surface area contributed by atoms with Crippen molar-refractivity contribution in [1.82, 2.24) is 9.47 Å². The van der Waals surface area contributed by atoms with Gasteiger partial charge in [-0.15, -0.1) is 0 Å². The van der Waals surface area contributed by atoms with Gasteiger partial charge >= 0.3 is 0 Å². The van der Waals surface area contributed by atoms with Gasteiger partial charge in [0.15, 0.2) is 0 Å². The molecule has 148 valence electrons. The Bertz CT molecular complexity index is 974. The summed E-state index contributed by atoms with van der Waals surface area (Å²) < 4.78 is 21.2. The van der Waals surface area contributed by atoms with Crippen LogP contribution in [0.25, 0.3) is 10.9 Å². The number of fused-ring (bicyclic) bond motifs is 1. The second-order valence-corrected chi connectivity index (χ2v) is 7.61. The standard InChI is InChI=1S/C23H27FN2O2/c1-3-26-16-17(19-9-8-18(24)14-21(19)26)15-25-12-10-23(27,11-13-25)20-6-4-5-7-22(20)28-2/h4-9,14,16,27H,3,10-13,15H2,1-2H3. The minimum Gasteiger partial charge on any atom is -0.496 e. The van der Waals surface area contributed by atoms with Crippen LogP contribution in [0.15, 0.2) is 48.7 Å². The van der Waals surface area contributed by atoms with E-state index >= 15 is 0 Å². The minimum atomic E-state index is -0.857. The third kappa shape index (κ3) is 3.40. The van der Waals surface area contributed by atoms with Crippen LogP contribution in [0.3, 0.4) is 0 Å². The Hall–Kier alpha value is -2.37. The van der Waals surface area contributed by atoms with E-state index < -0.39 is 5.60 Å². The Morgan fingerprint density at radius 1 is 1.14 bits per heavy atom. The highest BCUT2D eigenvalue weighted by molar-refractivity contribution is 5.84. The Morgan fingerprint density at radius 3 is 2.61 bits per heavy atom. The zero-order valence-corrected chi connectivity index (χ0v) is 16.5. The number of methoxy groups -OCH3 is 1. The Morgan fingerprint density at radius 2 is 1.89 bits per heavy atom. The van der Waals surface area contributed by atoms with Crippen molar-refractivity contribution in [2.24, 2.45) is 0 Å². The van der Waals surface area contributed by atoms with Crippen LogP contribution in [0.1, 0.15) is 30.9 Å². The molecule has 0 unspecified atom stereocenters. The van der Waals surface area contributed by atoms with E-state index in [0.29, 0.717) is 12.8 Å². The van der Waals surface area contributed by atoms with Crippen LogP contribution >= 0.6 is 0 Å². The van der Waals surface area contributed by atoms with Crippen molar-refractivity contribution in [3.05, 3.63) is 65.6 Å². The van der Waals surface area contributed by atoms with Gasteiger partial charge < -0.3 is 14.4 Å². The molecule has 0 spiro atoms. The average Bonchev–Trinajstić information content (AvgIpc) is 3.06. The number of likely N-dealkylation sites (tertiary alicyclic amines) is 1. The van der Waals surface area contributed by atoms with Gasteiger partial charge in [-0.25, -0.2) is 4.39 Å². The quantitative estimate of drug-likeness (QED) is 0.715. The monoisotopic (exact) mass is 382 g/mol. The third-order valence-corrected chi connectivity index (χ3v) is 5.95. The van der Waals surface area contributed by atoms with Crippen molar-refractivity contribution in [1.29, 1.82) is 0 Å². The first-order valence-corrected chi connectivity index (χ1v) is 9.89. The molecule has 2 heterocycles. The Balaban J connectivity index is 1.51. The number of aryl methyl sites for hydroxylation is 1. The molecule has 1 aromatic heterocycles. The molecule has 4 nitrogen and oxygen atoms in total. The number of hydrogen-bond acceptors (Lipinski definition) is 3. The van der Waals surface area contributed by atoms with Gasteiger partial charge in [-0.2, -0.15) is 0 Å². The van der Waals surface area contributed by atoms with Crippen molar-refractivity contribution in [3.8, 4) is 5.75 Å². The number of para-hydroxylation sites is 1. The maximum Gasteiger partial charge on any atom is 0.125 e. The summed E-state index contributed by atoms with van der Waals surface area (Å²) >= 11 is 0. The van der Waals surface area contributed by atoms with Crippen molar-refractivity contribution in [2.45, 2.75) is 38.5 Å². The lowest BCUT2D eigenvalue weighted by Gasteiger charge is -2.39. The van der Waals surface area contributed by atoms with Gasteiger partial charge in [-0.3, -0.25) is 4.90 Å². The van der Waals surface area contributed by atoms with Gasteiger partial charge in [-0.1, -0.05) is 18.2 Å². The van der Waals surface area contributed by atoms with Crippen LogP contribution in [-0.4, -0.2) is 34.8 Å². The van der Waals surface area contributed by atoms with Crippen LogP contribution < -0.4 is 4.74 Å². The fraction of sp³-hybridized carbons (Fsp3) is 0.391. The molecule has 3 aromatic rings. The predicted octanol–water partition coefficient (Wildman–Crippen LogP) is 4.29. The number of hydrogen-bond donors (Lipinski definition) is 1. The van der Waals surface area contributed by atoms with E-state index in [0.717, 1.165) is 48.4 Å². The predicted molar refractivity (Wildman–Crippen MR) is 109 cm³/mol. The number of aromatic nitrogens is 1. The first-order valence-electron chi connectivity index (χ1n) is 9.89. The summed E-state index contributed by atoms with van der Waals surface area (Å²) in [5.41, 5.74) is 2.17. The third-order valence-electron chi connectivity index (χ3n) is 5.95. The van der Waals surface area contributed by atoms with Crippen LogP contribution in [0.2, 0.25) is 0 Å². The van der Waals surface area contributed by atoms with E-state index in [1.165, 1.54) is 11.6 Å². The summed E-state index contributed by atoms with van der Waals surface area (Å²) in [4.78, 5) is 2.36. The molecule has 0 bridgehead atoms. The van der Waals surface area contributed by atoms with Crippen molar-refractivity contribution < 1.29 is 14.2 Å². The highest BCUT2D eigenvalue weighted by Gasteiger charge is 2.36. The molecule has 5 heteroatoms. The van der Waals surface area contributed by atoms with Crippen molar-refractivity contribution >= 4 is 10.9 Å². The zero-order valence-electron chi connectivity index (χ0n) is 16.5. The number of aliphatic hydroxyl groups is 1. The molecule has 0 amide bonds. The van der Waals surface area contributed by atoms with Crippen LogP contribution in [0, 0.1) is 5.82 Å². The smallest absolute Gasteiger partial charge is 0.125 e. The van der Waals surface area contributed by atoms with Gasteiger partial charge in [0.2, 0.25) is 0 Å². The lowest BCUT2D eigenvalue weighted by molar-refractivity contribution is -0.0291. The largest absolute Gasteiger partial charge is 0.496 e. The molecule has 4 rings (SSSR count). The van der Waals surface area contributed by atoms with Crippen LogP contribution in [0.5, 0.6) is 5.75 Å². The van der Waals surface area contributed by atoms with Gasteiger partial charge in [-0.05, 0) is 49.6 Å². The van der Waals surface area contributed by atoms with Crippen molar-refractivity contribution in [3.63, 3.8) is 0 Å². The molecule has 1 fully saturated rings. The molecule has 0 saturated carbocycles. The Labute approximate surface area is 165 Å². The summed E-state index contributed by atoms with van der Waals surface area (Å²) in [6.07, 6.45) is 3.45. The molecular formula is C23H27FN2O2. The van der Waals surface area contributed by atoms with E-state index in [1.54, 1.807) is 13.2 Å². The molecule has 1 aliphatic rings. The highest BCUT2D eigenvalue weighted by atomic mass is 19.1. The summed E-state index contributed by atoms with van der Waals surface area (Å²) in [7, 11) is 1.64. The highest BCUT2D eigenvalue weighted by Crippen LogP contribution is 2.38.